The van der Waals surface area contributed by atoms with Crippen LogP contribution in [0.4, 0.5) is 5.95 Å². The van der Waals surface area contributed by atoms with Crippen molar-refractivity contribution in [2.24, 2.45) is 0 Å². The summed E-state index contributed by atoms with van der Waals surface area (Å²) in [4.78, 5) is 13.1. The molecule has 3 aromatic rings. The number of ether oxygens (including phenoxy) is 2. The second-order valence-corrected chi connectivity index (χ2v) is 6.60. The van der Waals surface area contributed by atoms with Gasteiger partial charge in [0.1, 0.15) is 11.4 Å². The maximum atomic E-state index is 8.72. The molecule has 4 heterocycles. The van der Waals surface area contributed by atoms with E-state index < -0.39 is 0 Å². The summed E-state index contributed by atoms with van der Waals surface area (Å²) in [5, 5.41) is 16.6. The number of methoxy groups -OCH3 is 1. The number of nitrogens with zero attached hydrogens (tertiary/aromatic N) is 6. The third kappa shape index (κ3) is 4.17. The van der Waals surface area contributed by atoms with E-state index in [0.29, 0.717) is 31.3 Å². The van der Waals surface area contributed by atoms with E-state index in [2.05, 4.69) is 26.3 Å². The van der Waals surface area contributed by atoms with Gasteiger partial charge in [0.25, 0.3) is 0 Å². The standard InChI is InChI=1S/C20H21N7O2/c1-28-16-9-14(10-22-11-16)19-17(12-27(26-19)15-4-8-29-13-15)18-3-7-24-20(25-18)23-6-2-5-21/h3,7,9-12,15H,2,4,6,8,13H2,1H3,(H,23,24,25)/t15-/m1/s1. The van der Waals surface area contributed by atoms with Crippen molar-refractivity contribution in [3.63, 3.8) is 0 Å². The zero-order chi connectivity index (χ0) is 20.1. The van der Waals surface area contributed by atoms with Crippen LogP contribution in [-0.2, 0) is 4.74 Å². The van der Waals surface area contributed by atoms with Crippen LogP contribution in [0.5, 0.6) is 5.75 Å². The number of anilines is 1. The molecule has 0 saturated carbocycles. The molecule has 0 radical (unpaired) electrons. The molecule has 1 aliphatic heterocycles. The van der Waals surface area contributed by atoms with Crippen molar-refractivity contribution in [1.29, 1.82) is 5.26 Å². The van der Waals surface area contributed by atoms with Gasteiger partial charge >= 0.3 is 0 Å². The zero-order valence-electron chi connectivity index (χ0n) is 16.1. The van der Waals surface area contributed by atoms with Crippen molar-refractivity contribution in [2.75, 3.05) is 32.2 Å². The largest absolute Gasteiger partial charge is 0.495 e. The average molecular weight is 391 g/mol. The smallest absolute Gasteiger partial charge is 0.223 e. The molecule has 1 aliphatic rings. The van der Waals surface area contributed by atoms with Crippen LogP contribution in [0.2, 0.25) is 0 Å². The molecule has 29 heavy (non-hydrogen) atoms. The van der Waals surface area contributed by atoms with Crippen LogP contribution in [0.15, 0.2) is 36.9 Å². The first-order valence-corrected chi connectivity index (χ1v) is 9.39. The van der Waals surface area contributed by atoms with Gasteiger partial charge in [0.2, 0.25) is 5.95 Å². The zero-order valence-corrected chi connectivity index (χ0v) is 16.1. The number of hydrogen-bond acceptors (Lipinski definition) is 8. The molecule has 1 atom stereocenters. The molecular weight excluding hydrogens is 370 g/mol. The Balaban J connectivity index is 1.75. The monoisotopic (exact) mass is 391 g/mol. The second-order valence-electron chi connectivity index (χ2n) is 6.60. The van der Waals surface area contributed by atoms with Crippen molar-refractivity contribution in [3.8, 4) is 34.3 Å². The lowest BCUT2D eigenvalue weighted by Crippen LogP contribution is -2.09. The summed E-state index contributed by atoms with van der Waals surface area (Å²) in [6.07, 6.45) is 8.41. The summed E-state index contributed by atoms with van der Waals surface area (Å²) >= 11 is 0. The minimum Gasteiger partial charge on any atom is -0.495 e. The first-order valence-electron chi connectivity index (χ1n) is 9.39. The molecule has 148 valence electrons. The molecule has 4 rings (SSSR count). The lowest BCUT2D eigenvalue weighted by molar-refractivity contribution is 0.184. The van der Waals surface area contributed by atoms with Crippen molar-refractivity contribution in [2.45, 2.75) is 18.9 Å². The molecule has 0 bridgehead atoms. The average Bonchev–Trinajstić information content (AvgIpc) is 3.44. The number of nitriles is 1. The summed E-state index contributed by atoms with van der Waals surface area (Å²) in [6, 6.07) is 6.04. The van der Waals surface area contributed by atoms with Gasteiger partial charge in [-0.2, -0.15) is 10.4 Å². The van der Waals surface area contributed by atoms with Gasteiger partial charge in [-0.15, -0.1) is 0 Å². The maximum Gasteiger partial charge on any atom is 0.223 e. The van der Waals surface area contributed by atoms with Crippen LogP contribution >= 0.6 is 0 Å². The number of rotatable bonds is 7. The van der Waals surface area contributed by atoms with Crippen LogP contribution in [0.25, 0.3) is 22.5 Å². The highest BCUT2D eigenvalue weighted by Crippen LogP contribution is 2.33. The van der Waals surface area contributed by atoms with E-state index in [1.54, 1.807) is 25.7 Å². The third-order valence-corrected chi connectivity index (χ3v) is 4.69. The van der Waals surface area contributed by atoms with Gasteiger partial charge < -0.3 is 14.8 Å². The quantitative estimate of drug-likeness (QED) is 0.612. The molecule has 9 heteroatoms. The summed E-state index contributed by atoms with van der Waals surface area (Å²) in [6.45, 7) is 1.86. The summed E-state index contributed by atoms with van der Waals surface area (Å²) in [5.41, 5.74) is 3.22. The van der Waals surface area contributed by atoms with Crippen molar-refractivity contribution < 1.29 is 9.47 Å². The van der Waals surface area contributed by atoms with Crippen LogP contribution < -0.4 is 10.1 Å². The second kappa shape index (κ2) is 8.67. The van der Waals surface area contributed by atoms with E-state index in [0.717, 1.165) is 35.5 Å². The lowest BCUT2D eigenvalue weighted by atomic mass is 10.1. The van der Waals surface area contributed by atoms with Crippen molar-refractivity contribution in [3.05, 3.63) is 36.9 Å². The van der Waals surface area contributed by atoms with E-state index in [1.807, 2.05) is 23.0 Å². The highest BCUT2D eigenvalue weighted by molar-refractivity contribution is 5.79. The lowest BCUT2D eigenvalue weighted by Gasteiger charge is -2.07. The van der Waals surface area contributed by atoms with E-state index >= 15 is 0 Å². The maximum absolute atomic E-state index is 8.72. The predicted molar refractivity (Wildman–Crippen MR) is 106 cm³/mol. The molecule has 9 nitrogen and oxygen atoms in total. The molecule has 0 aliphatic carbocycles. The Morgan fingerprint density at radius 1 is 1.41 bits per heavy atom. The first-order chi connectivity index (χ1) is 14.3. The normalized spacial score (nSPS) is 15.8. The summed E-state index contributed by atoms with van der Waals surface area (Å²) < 4.78 is 12.8. The third-order valence-electron chi connectivity index (χ3n) is 4.69. The fraction of sp³-hybridized carbons (Fsp3) is 0.350. The topological polar surface area (TPSA) is 111 Å². The van der Waals surface area contributed by atoms with Gasteiger partial charge in [-0.25, -0.2) is 9.97 Å². The first kappa shape index (κ1) is 18.8. The molecule has 3 aromatic heterocycles. The molecule has 0 amide bonds. The van der Waals surface area contributed by atoms with Gasteiger partial charge in [-0.1, -0.05) is 0 Å². The molecular formula is C20H21N7O2. The minimum absolute atomic E-state index is 0.191. The number of aromatic nitrogens is 5. The molecule has 0 aromatic carbocycles. The predicted octanol–water partition coefficient (Wildman–Crippen LogP) is 2.70. The Morgan fingerprint density at radius 3 is 3.14 bits per heavy atom. The van der Waals surface area contributed by atoms with Crippen molar-refractivity contribution in [1.82, 2.24) is 24.7 Å². The van der Waals surface area contributed by atoms with E-state index in [9.17, 15) is 0 Å². The van der Waals surface area contributed by atoms with Crippen LogP contribution in [0.1, 0.15) is 18.9 Å². The van der Waals surface area contributed by atoms with Crippen LogP contribution in [0, 0.1) is 11.3 Å². The molecule has 0 spiro atoms. The SMILES string of the molecule is COc1cncc(-c2nn([C@@H]3CCOC3)cc2-c2ccnc(NCCC#N)n2)c1. The Hall–Kier alpha value is -3.51. The number of pyridine rings is 1. The van der Waals surface area contributed by atoms with Gasteiger partial charge in [-0.3, -0.25) is 9.67 Å². The highest BCUT2D eigenvalue weighted by atomic mass is 16.5. The highest BCUT2D eigenvalue weighted by Gasteiger charge is 2.23. The fourth-order valence-electron chi connectivity index (χ4n) is 3.19. The summed E-state index contributed by atoms with van der Waals surface area (Å²) in [7, 11) is 1.61. The Morgan fingerprint density at radius 2 is 2.34 bits per heavy atom. The Kier molecular flexibility index (Phi) is 5.63. The van der Waals surface area contributed by atoms with Gasteiger partial charge in [0.05, 0.1) is 44.1 Å². The Labute approximate surface area is 168 Å². The van der Waals surface area contributed by atoms with Crippen LogP contribution in [0.3, 0.4) is 0 Å². The van der Waals surface area contributed by atoms with Gasteiger partial charge in [-0.05, 0) is 18.6 Å². The molecule has 1 fully saturated rings. The summed E-state index contributed by atoms with van der Waals surface area (Å²) in [5.74, 6) is 1.14. The Bertz CT molecular complexity index is 1020. The molecule has 1 saturated heterocycles. The van der Waals surface area contributed by atoms with Gasteiger partial charge in [0.15, 0.2) is 0 Å². The van der Waals surface area contributed by atoms with E-state index in [-0.39, 0.29) is 6.04 Å². The van der Waals surface area contributed by atoms with E-state index in [1.165, 1.54) is 0 Å². The minimum atomic E-state index is 0.191. The van der Waals surface area contributed by atoms with E-state index in [4.69, 9.17) is 19.8 Å². The van der Waals surface area contributed by atoms with Gasteiger partial charge in [0, 0.05) is 42.9 Å². The fourth-order valence-corrected chi connectivity index (χ4v) is 3.19. The molecule has 1 N–H and O–H groups in total. The number of hydrogen-bond donors (Lipinski definition) is 1. The van der Waals surface area contributed by atoms with Crippen LogP contribution in [-0.4, -0.2) is 51.6 Å². The number of nitrogens with one attached hydrogen (secondary N) is 1. The van der Waals surface area contributed by atoms with Crippen molar-refractivity contribution >= 4 is 5.95 Å². The molecule has 0 unspecified atom stereocenters.